The molecule has 0 aromatic carbocycles. The Morgan fingerprint density at radius 2 is 1.86 bits per heavy atom. The quantitative estimate of drug-likeness (QED) is 0.644. The summed E-state index contributed by atoms with van der Waals surface area (Å²) in [6.45, 7) is 16.5. The summed E-state index contributed by atoms with van der Waals surface area (Å²) < 4.78 is 11.0. The minimum atomic E-state index is -0.594. The first-order valence-electron chi connectivity index (χ1n) is 13.3. The first-order chi connectivity index (χ1) is 17.6. The molecule has 0 radical (unpaired) electrons. The van der Waals surface area contributed by atoms with E-state index in [0.29, 0.717) is 36.4 Å². The van der Waals surface area contributed by atoms with E-state index in [9.17, 15) is 9.59 Å². The largest absolute Gasteiger partial charge is 0.436 e. The fraction of sp³-hybridized carbons (Fsp3) is 0.692. The Morgan fingerprint density at radius 1 is 1.14 bits per heavy atom. The maximum Gasteiger partial charge on any atom is 0.321 e. The Hall–Kier alpha value is -2.92. The van der Waals surface area contributed by atoms with Crippen LogP contribution in [-0.4, -0.2) is 86.8 Å². The van der Waals surface area contributed by atoms with Crippen LogP contribution in [0.1, 0.15) is 73.9 Å². The number of amides is 3. The van der Waals surface area contributed by atoms with Gasteiger partial charge in [0.1, 0.15) is 0 Å². The smallest absolute Gasteiger partial charge is 0.321 e. The lowest BCUT2D eigenvalue weighted by Gasteiger charge is -2.47. The fourth-order valence-corrected chi connectivity index (χ4v) is 5.97. The summed E-state index contributed by atoms with van der Waals surface area (Å²) in [5, 5.41) is 10.3. The van der Waals surface area contributed by atoms with Gasteiger partial charge in [0.25, 0.3) is 5.91 Å². The number of carbonyl (C=O) groups is 2. The summed E-state index contributed by atoms with van der Waals surface area (Å²) in [4.78, 5) is 37.3. The van der Waals surface area contributed by atoms with E-state index in [1.807, 2.05) is 23.6 Å². The fourth-order valence-electron chi connectivity index (χ4n) is 5.97. The molecule has 0 unspecified atom stereocenters. The van der Waals surface area contributed by atoms with E-state index in [4.69, 9.17) is 9.15 Å². The van der Waals surface area contributed by atoms with Crippen LogP contribution in [0, 0.1) is 19.8 Å². The number of nitrogens with zero attached hydrogens (tertiary/aromatic N) is 5. The summed E-state index contributed by atoms with van der Waals surface area (Å²) >= 11 is 0. The number of hydrogen-bond acceptors (Lipinski definition) is 7. The average Bonchev–Trinajstić information content (AvgIpc) is 3.49. The summed E-state index contributed by atoms with van der Waals surface area (Å²) in [5.41, 5.74) is 1.59. The molecule has 3 amide bonds. The molecule has 2 fully saturated rings. The molecule has 5 heterocycles. The summed E-state index contributed by atoms with van der Waals surface area (Å²) in [6.07, 6.45) is 2.23. The highest BCUT2D eigenvalue weighted by Gasteiger charge is 2.47. The molecule has 11 heteroatoms. The number of fused-ring (bicyclic) bond motifs is 1. The third-order valence-electron chi connectivity index (χ3n) is 8.24. The molecule has 2 saturated heterocycles. The molecule has 2 atom stereocenters. The molecule has 0 spiro atoms. The molecule has 0 aliphatic carbocycles. The van der Waals surface area contributed by atoms with E-state index < -0.39 is 11.4 Å². The summed E-state index contributed by atoms with van der Waals surface area (Å²) in [7, 11) is 0. The zero-order valence-electron chi connectivity index (χ0n) is 22.8. The van der Waals surface area contributed by atoms with Crippen LogP contribution in [0.4, 0.5) is 10.6 Å². The summed E-state index contributed by atoms with van der Waals surface area (Å²) in [6, 6.07) is 0.406. The van der Waals surface area contributed by atoms with Crippen molar-refractivity contribution in [3.05, 3.63) is 28.6 Å². The van der Waals surface area contributed by atoms with E-state index in [2.05, 4.69) is 39.2 Å². The number of carbonyl (C=O) groups excluding carboxylic acids is 2. The average molecular weight is 514 g/mol. The standard InChI is InChI=1S/C26H39N7O4/c1-15-12-32(16(2)11-31(15)13-19-7-9-36-10-8-19)25(35)33-14-20-22(26(33,5)6)29-30-23(20)28-24(34)21-17(3)27-18(4)37-21/h15-16,19H,7-14H2,1-6H3,(H2,28,29,30,34)/t15-,16+/m1/s1. The van der Waals surface area contributed by atoms with Crippen molar-refractivity contribution in [2.45, 2.75) is 78.6 Å². The molecular weight excluding hydrogens is 474 g/mol. The summed E-state index contributed by atoms with van der Waals surface area (Å²) in [5.74, 6) is 1.28. The van der Waals surface area contributed by atoms with Crippen LogP contribution in [0.5, 0.6) is 0 Å². The molecular formula is C26H39N7O4. The van der Waals surface area contributed by atoms with Gasteiger partial charge in [-0.25, -0.2) is 9.78 Å². The second-order valence-corrected chi connectivity index (χ2v) is 11.3. The monoisotopic (exact) mass is 513 g/mol. The minimum Gasteiger partial charge on any atom is -0.436 e. The van der Waals surface area contributed by atoms with Crippen molar-refractivity contribution in [2.24, 2.45) is 5.92 Å². The number of nitrogens with one attached hydrogen (secondary N) is 2. The zero-order valence-corrected chi connectivity index (χ0v) is 22.8. The van der Waals surface area contributed by atoms with Gasteiger partial charge in [-0.05, 0) is 53.4 Å². The predicted molar refractivity (Wildman–Crippen MR) is 137 cm³/mol. The molecule has 2 aromatic rings. The number of urea groups is 1. The van der Waals surface area contributed by atoms with Gasteiger partial charge in [-0.3, -0.25) is 14.8 Å². The number of aromatic amines is 1. The lowest BCUT2D eigenvalue weighted by atomic mass is 9.97. The number of anilines is 1. The number of hydrogen-bond donors (Lipinski definition) is 2. The van der Waals surface area contributed by atoms with E-state index in [1.165, 1.54) is 0 Å². The van der Waals surface area contributed by atoms with Crippen molar-refractivity contribution in [3.63, 3.8) is 0 Å². The Bertz CT molecular complexity index is 1170. The third-order valence-corrected chi connectivity index (χ3v) is 8.24. The number of ether oxygens (including phenoxy) is 1. The zero-order chi connectivity index (χ0) is 26.5. The van der Waals surface area contributed by atoms with Crippen LogP contribution in [0.3, 0.4) is 0 Å². The first-order valence-corrected chi connectivity index (χ1v) is 13.3. The van der Waals surface area contributed by atoms with Crippen LogP contribution in [-0.2, 0) is 16.8 Å². The maximum absolute atomic E-state index is 13.9. The minimum absolute atomic E-state index is 0.0126. The molecule has 2 aromatic heterocycles. The normalized spacial score (nSPS) is 24.4. The number of oxazole rings is 1. The number of aryl methyl sites for hydroxylation is 2. The second-order valence-electron chi connectivity index (χ2n) is 11.3. The van der Waals surface area contributed by atoms with Gasteiger partial charge in [0.15, 0.2) is 11.7 Å². The van der Waals surface area contributed by atoms with Gasteiger partial charge in [0.05, 0.1) is 23.5 Å². The number of piperazine rings is 1. The van der Waals surface area contributed by atoms with Crippen molar-refractivity contribution in [1.29, 1.82) is 0 Å². The van der Waals surface area contributed by atoms with Crippen LogP contribution < -0.4 is 5.32 Å². The molecule has 3 aliphatic heterocycles. The van der Waals surface area contributed by atoms with Crippen molar-refractivity contribution >= 4 is 17.8 Å². The van der Waals surface area contributed by atoms with Gasteiger partial charge in [0, 0.05) is 57.4 Å². The molecule has 0 bridgehead atoms. The van der Waals surface area contributed by atoms with Gasteiger partial charge < -0.3 is 24.3 Å². The molecule has 0 saturated carbocycles. The maximum atomic E-state index is 13.9. The number of rotatable bonds is 4. The van der Waals surface area contributed by atoms with Crippen LogP contribution >= 0.6 is 0 Å². The Balaban J connectivity index is 1.27. The molecule has 2 N–H and O–H groups in total. The second kappa shape index (κ2) is 9.75. The van der Waals surface area contributed by atoms with Crippen LogP contribution in [0.2, 0.25) is 0 Å². The van der Waals surface area contributed by atoms with Gasteiger partial charge >= 0.3 is 6.03 Å². The van der Waals surface area contributed by atoms with Crippen LogP contribution in [0.15, 0.2) is 4.42 Å². The molecule has 37 heavy (non-hydrogen) atoms. The third kappa shape index (κ3) is 4.74. The Kier molecular flexibility index (Phi) is 6.78. The Labute approximate surface area is 217 Å². The lowest BCUT2D eigenvalue weighted by Crippen LogP contribution is -2.62. The molecule has 3 aliphatic rings. The first kappa shape index (κ1) is 25.7. The van der Waals surface area contributed by atoms with E-state index in [0.717, 1.165) is 50.4 Å². The van der Waals surface area contributed by atoms with E-state index in [1.54, 1.807) is 13.8 Å². The molecule has 11 nitrogen and oxygen atoms in total. The van der Waals surface area contributed by atoms with Gasteiger partial charge in [-0.2, -0.15) is 5.10 Å². The van der Waals surface area contributed by atoms with Crippen molar-refractivity contribution < 1.29 is 18.7 Å². The van der Waals surface area contributed by atoms with Crippen molar-refractivity contribution in [2.75, 3.05) is 38.2 Å². The number of H-pyrrole nitrogens is 1. The van der Waals surface area contributed by atoms with Gasteiger partial charge in [0.2, 0.25) is 5.76 Å². The van der Waals surface area contributed by atoms with E-state index >= 15 is 0 Å². The van der Waals surface area contributed by atoms with Crippen molar-refractivity contribution in [3.8, 4) is 0 Å². The highest BCUT2D eigenvalue weighted by molar-refractivity contribution is 6.03. The van der Waals surface area contributed by atoms with Crippen molar-refractivity contribution in [1.82, 2.24) is 29.9 Å². The highest BCUT2D eigenvalue weighted by atomic mass is 16.5. The predicted octanol–water partition coefficient (Wildman–Crippen LogP) is 3.26. The topological polar surface area (TPSA) is 120 Å². The molecule has 5 rings (SSSR count). The Morgan fingerprint density at radius 3 is 2.54 bits per heavy atom. The SMILES string of the molecule is Cc1nc(C)c(C(=O)Nc2n[nH]c3c2CN(C(=O)N2C[C@@H](C)N(CC4CCOCC4)C[C@@H]2C)C3(C)C)o1. The van der Waals surface area contributed by atoms with Crippen LogP contribution in [0.25, 0.3) is 0 Å². The highest BCUT2D eigenvalue weighted by Crippen LogP contribution is 2.41. The molecule has 202 valence electrons. The number of aromatic nitrogens is 3. The van der Waals surface area contributed by atoms with E-state index in [-0.39, 0.29) is 23.9 Å². The lowest BCUT2D eigenvalue weighted by molar-refractivity contribution is 0.00882. The van der Waals surface area contributed by atoms with Gasteiger partial charge in [-0.15, -0.1) is 0 Å². The van der Waals surface area contributed by atoms with Gasteiger partial charge in [-0.1, -0.05) is 0 Å².